The van der Waals surface area contributed by atoms with Crippen molar-refractivity contribution in [3.8, 4) is 11.4 Å². The molecule has 26 heavy (non-hydrogen) atoms. The number of unbranched alkanes of at least 4 members (excludes halogenated alkanes) is 1. The number of aromatic nitrogens is 2. The number of nitrogens with zero attached hydrogens (tertiary/aromatic N) is 4. The van der Waals surface area contributed by atoms with E-state index in [1.54, 1.807) is 13.3 Å². The zero-order valence-electron chi connectivity index (χ0n) is 15.3. The van der Waals surface area contributed by atoms with E-state index in [0.29, 0.717) is 6.42 Å². The first-order valence-electron chi connectivity index (χ1n) is 9.18. The Bertz CT molecular complexity index is 700. The third kappa shape index (κ3) is 4.79. The molecule has 0 aliphatic carbocycles. The summed E-state index contributed by atoms with van der Waals surface area (Å²) >= 11 is 0. The molecule has 0 unspecified atom stereocenters. The molecule has 0 bridgehead atoms. The number of carbonyl (C=O) groups excluding carboxylic acids is 1. The van der Waals surface area contributed by atoms with Crippen LogP contribution in [0.15, 0.2) is 42.6 Å². The lowest BCUT2D eigenvalue weighted by Gasteiger charge is -2.35. The van der Waals surface area contributed by atoms with E-state index in [-0.39, 0.29) is 5.91 Å². The monoisotopic (exact) mass is 354 g/mol. The second-order valence-electron chi connectivity index (χ2n) is 6.42. The number of rotatable bonds is 7. The van der Waals surface area contributed by atoms with Gasteiger partial charge in [-0.05, 0) is 18.9 Å². The van der Waals surface area contributed by atoms with Gasteiger partial charge in [0.25, 0.3) is 0 Å². The number of hydrogen-bond acceptors (Lipinski definition) is 5. The van der Waals surface area contributed by atoms with Gasteiger partial charge in [-0.1, -0.05) is 30.3 Å². The number of carbonyl (C=O) groups is 1. The zero-order chi connectivity index (χ0) is 18.2. The molecular formula is C20H26N4O2. The molecule has 0 saturated carbocycles. The molecule has 1 fully saturated rings. The summed E-state index contributed by atoms with van der Waals surface area (Å²) in [7, 11) is 1.69. The van der Waals surface area contributed by atoms with Crippen LogP contribution in [0.3, 0.4) is 0 Å². The quantitative estimate of drug-likeness (QED) is 0.716. The van der Waals surface area contributed by atoms with E-state index in [4.69, 9.17) is 9.72 Å². The Hall–Kier alpha value is -2.47. The standard InChI is InChI=1S/C20H26N4O2/c1-26-16-6-5-9-19(25)24-14-12-23(13-15-24)18-10-11-21-20(22-18)17-7-3-2-4-8-17/h2-4,7-8,10-11H,5-6,9,12-16H2,1H3. The van der Waals surface area contributed by atoms with Gasteiger partial charge < -0.3 is 14.5 Å². The molecule has 1 aliphatic rings. The van der Waals surface area contributed by atoms with Crippen molar-refractivity contribution in [3.63, 3.8) is 0 Å². The number of anilines is 1. The molecule has 138 valence electrons. The molecule has 0 N–H and O–H groups in total. The molecule has 1 aromatic heterocycles. The fraction of sp³-hybridized carbons (Fsp3) is 0.450. The minimum Gasteiger partial charge on any atom is -0.385 e. The maximum absolute atomic E-state index is 12.3. The highest BCUT2D eigenvalue weighted by Crippen LogP contribution is 2.19. The minimum atomic E-state index is 0.244. The lowest BCUT2D eigenvalue weighted by molar-refractivity contribution is -0.131. The first-order valence-corrected chi connectivity index (χ1v) is 9.18. The Kier molecular flexibility index (Phi) is 6.55. The van der Waals surface area contributed by atoms with Crippen molar-refractivity contribution in [2.45, 2.75) is 19.3 Å². The SMILES string of the molecule is COCCCCC(=O)N1CCN(c2ccnc(-c3ccccc3)n2)CC1. The molecule has 1 saturated heterocycles. The van der Waals surface area contributed by atoms with E-state index in [1.807, 2.05) is 41.3 Å². The second kappa shape index (κ2) is 9.29. The first-order chi connectivity index (χ1) is 12.8. The fourth-order valence-corrected chi connectivity index (χ4v) is 3.12. The Morgan fingerprint density at radius 3 is 2.58 bits per heavy atom. The smallest absolute Gasteiger partial charge is 0.222 e. The van der Waals surface area contributed by atoms with Crippen molar-refractivity contribution in [1.82, 2.24) is 14.9 Å². The highest BCUT2D eigenvalue weighted by Gasteiger charge is 2.21. The van der Waals surface area contributed by atoms with Gasteiger partial charge in [0.2, 0.25) is 5.91 Å². The summed E-state index contributed by atoms with van der Waals surface area (Å²) in [6.45, 7) is 3.81. The highest BCUT2D eigenvalue weighted by atomic mass is 16.5. The average Bonchev–Trinajstić information content (AvgIpc) is 2.72. The van der Waals surface area contributed by atoms with Crippen LogP contribution in [0, 0.1) is 0 Å². The van der Waals surface area contributed by atoms with Gasteiger partial charge in [0, 0.05) is 58.1 Å². The van der Waals surface area contributed by atoms with Crippen LogP contribution in [-0.2, 0) is 9.53 Å². The van der Waals surface area contributed by atoms with Crippen molar-refractivity contribution >= 4 is 11.7 Å². The van der Waals surface area contributed by atoms with E-state index < -0.39 is 0 Å². The molecule has 1 aliphatic heterocycles. The van der Waals surface area contributed by atoms with Crippen LogP contribution < -0.4 is 4.90 Å². The topological polar surface area (TPSA) is 58.6 Å². The normalized spacial score (nSPS) is 14.5. The van der Waals surface area contributed by atoms with Crippen LogP contribution in [0.2, 0.25) is 0 Å². The van der Waals surface area contributed by atoms with Crippen LogP contribution in [0.4, 0.5) is 5.82 Å². The zero-order valence-corrected chi connectivity index (χ0v) is 15.3. The van der Waals surface area contributed by atoms with Gasteiger partial charge in [-0.25, -0.2) is 9.97 Å². The van der Waals surface area contributed by atoms with Crippen molar-refractivity contribution in [2.75, 3.05) is 44.8 Å². The number of piperazine rings is 1. The maximum atomic E-state index is 12.3. The Labute approximate surface area is 154 Å². The van der Waals surface area contributed by atoms with E-state index in [2.05, 4.69) is 9.88 Å². The molecule has 0 spiro atoms. The van der Waals surface area contributed by atoms with Gasteiger partial charge in [-0.15, -0.1) is 0 Å². The van der Waals surface area contributed by atoms with E-state index in [9.17, 15) is 4.79 Å². The molecule has 1 amide bonds. The van der Waals surface area contributed by atoms with Gasteiger partial charge in [0.05, 0.1) is 0 Å². The van der Waals surface area contributed by atoms with Crippen molar-refractivity contribution in [3.05, 3.63) is 42.6 Å². The maximum Gasteiger partial charge on any atom is 0.222 e. The number of ether oxygens (including phenoxy) is 1. The average molecular weight is 354 g/mol. The largest absolute Gasteiger partial charge is 0.385 e. The van der Waals surface area contributed by atoms with Crippen LogP contribution >= 0.6 is 0 Å². The summed E-state index contributed by atoms with van der Waals surface area (Å²) in [5.74, 6) is 1.90. The third-order valence-electron chi connectivity index (χ3n) is 4.62. The van der Waals surface area contributed by atoms with Crippen LogP contribution in [0.1, 0.15) is 19.3 Å². The van der Waals surface area contributed by atoms with E-state index in [0.717, 1.165) is 62.8 Å². The van der Waals surface area contributed by atoms with Crippen LogP contribution in [-0.4, -0.2) is 60.7 Å². The summed E-state index contributed by atoms with van der Waals surface area (Å²) in [6, 6.07) is 11.9. The first kappa shape index (κ1) is 18.3. The Balaban J connectivity index is 1.54. The number of methoxy groups -OCH3 is 1. The molecule has 3 rings (SSSR count). The molecule has 6 heteroatoms. The summed E-state index contributed by atoms with van der Waals surface area (Å²) in [5.41, 5.74) is 1.01. The van der Waals surface area contributed by atoms with E-state index in [1.165, 1.54) is 0 Å². The van der Waals surface area contributed by atoms with Crippen LogP contribution in [0.5, 0.6) is 0 Å². The summed E-state index contributed by atoms with van der Waals surface area (Å²) in [4.78, 5) is 25.6. The molecule has 1 aromatic carbocycles. The van der Waals surface area contributed by atoms with Crippen molar-refractivity contribution in [1.29, 1.82) is 0 Å². The lowest BCUT2D eigenvalue weighted by Crippen LogP contribution is -2.49. The summed E-state index contributed by atoms with van der Waals surface area (Å²) in [6.07, 6.45) is 4.23. The predicted molar refractivity (Wildman–Crippen MR) is 102 cm³/mol. The van der Waals surface area contributed by atoms with Gasteiger partial charge in [0.15, 0.2) is 5.82 Å². The molecule has 0 atom stereocenters. The van der Waals surface area contributed by atoms with Gasteiger partial charge in [0.1, 0.15) is 5.82 Å². The molecule has 2 aromatic rings. The number of benzene rings is 1. The number of hydrogen-bond donors (Lipinski definition) is 0. The van der Waals surface area contributed by atoms with Gasteiger partial charge in [-0.2, -0.15) is 0 Å². The third-order valence-corrected chi connectivity index (χ3v) is 4.62. The molecule has 0 radical (unpaired) electrons. The Morgan fingerprint density at radius 2 is 1.85 bits per heavy atom. The summed E-state index contributed by atoms with van der Waals surface area (Å²) < 4.78 is 5.03. The Morgan fingerprint density at radius 1 is 1.08 bits per heavy atom. The molecule has 2 heterocycles. The second-order valence-corrected chi connectivity index (χ2v) is 6.42. The molecule has 6 nitrogen and oxygen atoms in total. The van der Waals surface area contributed by atoms with E-state index >= 15 is 0 Å². The van der Waals surface area contributed by atoms with Crippen molar-refractivity contribution in [2.24, 2.45) is 0 Å². The molecular weight excluding hydrogens is 328 g/mol. The van der Waals surface area contributed by atoms with Crippen molar-refractivity contribution < 1.29 is 9.53 Å². The van der Waals surface area contributed by atoms with Gasteiger partial charge >= 0.3 is 0 Å². The predicted octanol–water partition coefficient (Wildman–Crippen LogP) is 2.61. The fourth-order valence-electron chi connectivity index (χ4n) is 3.12. The lowest BCUT2D eigenvalue weighted by atomic mass is 10.2. The minimum absolute atomic E-state index is 0.244. The van der Waals surface area contributed by atoms with Gasteiger partial charge in [-0.3, -0.25) is 4.79 Å². The highest BCUT2D eigenvalue weighted by molar-refractivity contribution is 5.76. The summed E-state index contributed by atoms with van der Waals surface area (Å²) in [5, 5.41) is 0. The van der Waals surface area contributed by atoms with Crippen LogP contribution in [0.25, 0.3) is 11.4 Å². The number of amides is 1.